The number of unbranched alkanes of at least 4 members (excludes halogenated alkanes) is 15. The van der Waals surface area contributed by atoms with E-state index >= 15 is 0 Å². The number of carbonyl (C=O) groups is 3. The summed E-state index contributed by atoms with van der Waals surface area (Å²) in [5.41, 5.74) is 0.698. The first kappa shape index (κ1) is 50.0. The van der Waals surface area contributed by atoms with E-state index in [1.54, 1.807) is 6.08 Å². The maximum Gasteiger partial charge on any atom is 0.472 e. The Morgan fingerprint density at radius 1 is 0.821 bits per heavy atom. The number of hydrogen-bond acceptors (Lipinski definition) is 9. The summed E-state index contributed by atoms with van der Waals surface area (Å²) in [4.78, 5) is 48.4. The molecule has 0 aromatic heterocycles. The van der Waals surface area contributed by atoms with Crippen molar-refractivity contribution < 1.29 is 51.6 Å². The number of phosphoric acid groups is 1. The van der Waals surface area contributed by atoms with Crippen LogP contribution in [0.3, 0.4) is 0 Å². The van der Waals surface area contributed by atoms with Crippen LogP contribution >= 0.6 is 7.82 Å². The molecule has 1 heterocycles. The van der Waals surface area contributed by atoms with Crippen molar-refractivity contribution in [2.45, 2.75) is 173 Å². The molecule has 0 radical (unpaired) electrons. The summed E-state index contributed by atoms with van der Waals surface area (Å²) >= 11 is 0. The summed E-state index contributed by atoms with van der Waals surface area (Å²) in [5, 5.41) is 0. The number of rotatable bonds is 35. The molecule has 5 atom stereocenters. The van der Waals surface area contributed by atoms with Crippen molar-refractivity contribution in [1.82, 2.24) is 0 Å². The summed E-state index contributed by atoms with van der Waals surface area (Å²) in [5.74, 6) is -1.11. The Morgan fingerprint density at radius 2 is 1.43 bits per heavy atom. The number of epoxide rings is 1. The Bertz CT molecular complexity index is 1260. The summed E-state index contributed by atoms with van der Waals surface area (Å²) in [6.45, 7) is 4.13. The van der Waals surface area contributed by atoms with Gasteiger partial charge in [-0.1, -0.05) is 122 Å². The van der Waals surface area contributed by atoms with E-state index in [4.69, 9.17) is 23.3 Å². The first-order valence-corrected chi connectivity index (χ1v) is 23.3. The van der Waals surface area contributed by atoms with Gasteiger partial charge in [0.2, 0.25) is 0 Å². The van der Waals surface area contributed by atoms with Gasteiger partial charge in [0.15, 0.2) is 11.9 Å². The second-order valence-electron chi connectivity index (χ2n) is 16.6. The van der Waals surface area contributed by atoms with Crippen LogP contribution in [0.4, 0.5) is 0 Å². The monoisotopic (exact) mass is 811 g/mol. The molecular weight excluding hydrogens is 733 g/mol. The molecule has 0 saturated carbocycles. The fourth-order valence-corrected chi connectivity index (χ4v) is 7.33. The second kappa shape index (κ2) is 29.1. The fraction of sp³-hybridized carbons (Fsp3) is 0.795. The van der Waals surface area contributed by atoms with Gasteiger partial charge in [-0.25, -0.2) is 4.57 Å². The van der Waals surface area contributed by atoms with Gasteiger partial charge in [0, 0.05) is 24.3 Å². The van der Waals surface area contributed by atoms with Crippen LogP contribution < -0.4 is 0 Å². The van der Waals surface area contributed by atoms with Crippen LogP contribution in [-0.2, 0) is 42.2 Å². The Morgan fingerprint density at radius 3 is 2.07 bits per heavy atom. The molecule has 1 saturated heterocycles. The predicted octanol–water partition coefficient (Wildman–Crippen LogP) is 9.91. The maximum atomic E-state index is 12.9. The van der Waals surface area contributed by atoms with Gasteiger partial charge in [0.25, 0.3) is 0 Å². The number of hydrogen-bond donors (Lipinski definition) is 1. The molecular formula is C44H77NO10P+. The summed E-state index contributed by atoms with van der Waals surface area (Å²) < 4.78 is 40.2. The predicted molar refractivity (Wildman–Crippen MR) is 222 cm³/mol. The average Bonchev–Trinajstić information content (AvgIpc) is 3.80. The lowest BCUT2D eigenvalue weighted by Crippen LogP contribution is -2.37. The smallest absolute Gasteiger partial charge is 0.462 e. The van der Waals surface area contributed by atoms with E-state index in [0.29, 0.717) is 35.9 Å². The number of esters is 2. The number of carbonyl (C=O) groups excluding carboxylic acids is 3. The van der Waals surface area contributed by atoms with Crippen molar-refractivity contribution in [3.8, 4) is 0 Å². The van der Waals surface area contributed by atoms with Crippen molar-refractivity contribution in [2.75, 3.05) is 47.5 Å². The minimum atomic E-state index is -4.44. The molecule has 56 heavy (non-hydrogen) atoms. The van der Waals surface area contributed by atoms with Crippen LogP contribution in [0, 0.1) is 5.92 Å². The number of nitrogens with zero attached hydrogens (tertiary/aromatic N) is 1. The molecule has 0 aromatic carbocycles. The average molecular weight is 811 g/mol. The van der Waals surface area contributed by atoms with Crippen molar-refractivity contribution in [3.63, 3.8) is 0 Å². The number of likely N-dealkylation sites (N-methyl/N-ethyl adjacent to an activating group) is 1. The first-order chi connectivity index (χ1) is 26.8. The van der Waals surface area contributed by atoms with E-state index in [1.165, 1.54) is 77.0 Å². The highest BCUT2D eigenvalue weighted by Gasteiger charge is 2.38. The van der Waals surface area contributed by atoms with E-state index in [1.807, 2.05) is 33.3 Å². The van der Waals surface area contributed by atoms with Gasteiger partial charge in [0.1, 0.15) is 25.9 Å². The lowest BCUT2D eigenvalue weighted by molar-refractivity contribution is -0.870. The molecule has 0 aromatic rings. The van der Waals surface area contributed by atoms with Gasteiger partial charge in [-0.05, 0) is 50.7 Å². The minimum Gasteiger partial charge on any atom is -0.462 e. The molecule has 1 fully saturated rings. The Hall–Kier alpha value is -2.14. The summed E-state index contributed by atoms with van der Waals surface area (Å²) in [6.07, 6.45) is 31.2. The molecule has 0 spiro atoms. The highest BCUT2D eigenvalue weighted by Crippen LogP contribution is 2.43. The molecule has 1 N–H and O–H groups in total. The van der Waals surface area contributed by atoms with Crippen molar-refractivity contribution in [1.29, 1.82) is 0 Å². The molecule has 12 heteroatoms. The van der Waals surface area contributed by atoms with Crippen molar-refractivity contribution in [2.24, 2.45) is 5.92 Å². The highest BCUT2D eigenvalue weighted by molar-refractivity contribution is 7.47. The number of ketones is 1. The zero-order chi connectivity index (χ0) is 41.1. The van der Waals surface area contributed by atoms with Gasteiger partial charge in [0.05, 0.1) is 33.9 Å². The molecule has 1 aliphatic heterocycles. The molecule has 2 aliphatic rings. The third-order valence-electron chi connectivity index (χ3n) is 10.2. The van der Waals surface area contributed by atoms with Gasteiger partial charge in [-0.2, -0.15) is 0 Å². The lowest BCUT2D eigenvalue weighted by Gasteiger charge is -2.24. The van der Waals surface area contributed by atoms with E-state index in [0.717, 1.165) is 32.1 Å². The largest absolute Gasteiger partial charge is 0.472 e. The van der Waals surface area contributed by atoms with Gasteiger partial charge in [-0.15, -0.1) is 0 Å². The van der Waals surface area contributed by atoms with Crippen LogP contribution in [0.15, 0.2) is 36.0 Å². The Kier molecular flexibility index (Phi) is 26.0. The molecule has 0 amide bonds. The zero-order valence-electron chi connectivity index (χ0n) is 35.6. The second-order valence-corrected chi connectivity index (χ2v) is 18.0. The normalized spacial score (nSPS) is 20.5. The SMILES string of the molecule is CCCCC/C=C\CC1OC1/C=C1\C(=O)C=CC1CCCC(=O)O[C@H](COC(=O)CCCCCCCCCCCCCCC)COP(=O)(O)OCC[N+](C)(C)C. The Labute approximate surface area is 339 Å². The highest BCUT2D eigenvalue weighted by atomic mass is 31.2. The third-order valence-corrected chi connectivity index (χ3v) is 11.2. The number of allylic oxidation sites excluding steroid dienone is 4. The number of ether oxygens (including phenoxy) is 3. The van der Waals surface area contributed by atoms with Gasteiger partial charge in [-0.3, -0.25) is 23.4 Å². The van der Waals surface area contributed by atoms with Crippen LogP contribution in [0.1, 0.15) is 155 Å². The van der Waals surface area contributed by atoms with E-state index in [9.17, 15) is 23.8 Å². The summed E-state index contributed by atoms with van der Waals surface area (Å²) in [7, 11) is 1.35. The van der Waals surface area contributed by atoms with Crippen LogP contribution in [0.2, 0.25) is 0 Å². The van der Waals surface area contributed by atoms with E-state index < -0.39 is 32.5 Å². The van der Waals surface area contributed by atoms with Crippen molar-refractivity contribution in [3.05, 3.63) is 36.0 Å². The maximum absolute atomic E-state index is 12.9. The number of phosphoric ester groups is 1. The van der Waals surface area contributed by atoms with Crippen molar-refractivity contribution >= 4 is 25.5 Å². The molecule has 1 aliphatic carbocycles. The molecule has 0 bridgehead atoms. The molecule has 11 nitrogen and oxygen atoms in total. The van der Waals surface area contributed by atoms with Gasteiger partial charge >= 0.3 is 19.8 Å². The lowest BCUT2D eigenvalue weighted by atomic mass is 9.94. The standard InChI is InChI=1S/C44H76NO10P/c1-6-8-10-12-14-15-16-17-18-19-20-22-24-28-43(47)51-35-38(36-53-56(49,50)52-33-32-45(3,4)5)54-44(48)29-25-26-37-30-31-40(46)39(37)34-42-41(55-42)27-23-21-13-11-9-7-2/h21,23,30-31,34,37-38,41-42H,6-20,22,24-29,32-33,35-36H2,1-5H3/p+1/b23-21-,39-34-/t37?,38-,41?,42?/m1/s1. The van der Waals surface area contributed by atoms with Crippen LogP contribution in [0.5, 0.6) is 0 Å². The summed E-state index contributed by atoms with van der Waals surface area (Å²) in [6, 6.07) is 0. The van der Waals surface area contributed by atoms with Gasteiger partial charge < -0.3 is 23.6 Å². The van der Waals surface area contributed by atoms with Crippen LogP contribution in [0.25, 0.3) is 0 Å². The number of quaternary nitrogens is 1. The first-order valence-electron chi connectivity index (χ1n) is 21.9. The molecule has 322 valence electrons. The third kappa shape index (κ3) is 25.3. The topological polar surface area (TPSA) is 138 Å². The Balaban J connectivity index is 1.77. The molecule has 2 rings (SSSR count). The molecule has 4 unspecified atom stereocenters. The zero-order valence-corrected chi connectivity index (χ0v) is 36.5. The van der Waals surface area contributed by atoms with E-state index in [2.05, 4.69) is 26.0 Å². The fourth-order valence-electron chi connectivity index (χ4n) is 6.59. The van der Waals surface area contributed by atoms with E-state index in [-0.39, 0.29) is 50.0 Å². The minimum absolute atomic E-state index is 0.00586. The van der Waals surface area contributed by atoms with Crippen LogP contribution in [-0.4, -0.2) is 92.9 Å². The quantitative estimate of drug-likeness (QED) is 0.0125.